The fourth-order valence-electron chi connectivity index (χ4n) is 3.18. The molecule has 0 radical (unpaired) electrons. The Balaban J connectivity index is 1.63. The molecule has 0 spiro atoms. The van der Waals surface area contributed by atoms with Crippen molar-refractivity contribution in [2.24, 2.45) is 0 Å². The Morgan fingerprint density at radius 2 is 2.11 bits per heavy atom. The number of aromatic nitrogens is 1. The van der Waals surface area contributed by atoms with E-state index in [1.165, 1.54) is 12.8 Å². The Hall–Kier alpha value is -0.680. The largest absolute Gasteiger partial charge is 0.390 e. The van der Waals surface area contributed by atoms with E-state index in [1.807, 2.05) is 12.3 Å². The molecule has 1 aromatic rings. The summed E-state index contributed by atoms with van der Waals surface area (Å²) in [4.78, 5) is 8.82. The molecule has 5 heteroatoms. The van der Waals surface area contributed by atoms with Gasteiger partial charge >= 0.3 is 0 Å². The maximum Gasteiger partial charge on any atom is 0.0834 e. The van der Waals surface area contributed by atoms with Gasteiger partial charge in [0.2, 0.25) is 0 Å². The van der Waals surface area contributed by atoms with Gasteiger partial charge in [-0.1, -0.05) is 11.6 Å². The maximum atomic E-state index is 10.2. The molecule has 2 aliphatic heterocycles. The number of nitrogens with zero attached hydrogens (tertiary/aromatic N) is 3. The maximum absolute atomic E-state index is 10.2. The van der Waals surface area contributed by atoms with E-state index < -0.39 is 0 Å². The second kappa shape index (κ2) is 5.75. The molecule has 0 aromatic carbocycles. The van der Waals surface area contributed by atoms with Crippen LogP contribution in [-0.4, -0.2) is 58.2 Å². The Labute approximate surface area is 119 Å². The quantitative estimate of drug-likeness (QED) is 0.909. The first-order valence-electron chi connectivity index (χ1n) is 6.97. The molecule has 1 N–H and O–H groups in total. The van der Waals surface area contributed by atoms with E-state index in [1.54, 1.807) is 6.20 Å². The van der Waals surface area contributed by atoms with Gasteiger partial charge in [-0.05, 0) is 32.0 Å². The average molecular weight is 282 g/mol. The van der Waals surface area contributed by atoms with Crippen LogP contribution in [0.3, 0.4) is 0 Å². The van der Waals surface area contributed by atoms with Gasteiger partial charge in [0, 0.05) is 48.7 Å². The first-order chi connectivity index (χ1) is 9.24. The number of hydrogen-bond acceptors (Lipinski definition) is 4. The van der Waals surface area contributed by atoms with Crippen LogP contribution in [0.15, 0.2) is 18.5 Å². The van der Waals surface area contributed by atoms with E-state index in [4.69, 9.17) is 11.6 Å². The summed E-state index contributed by atoms with van der Waals surface area (Å²) in [5.74, 6) is 0. The van der Waals surface area contributed by atoms with E-state index in [9.17, 15) is 5.11 Å². The summed E-state index contributed by atoms with van der Waals surface area (Å²) in [5, 5.41) is 11.0. The lowest BCUT2D eigenvalue weighted by molar-refractivity contribution is 0.0978. The van der Waals surface area contributed by atoms with Crippen molar-refractivity contribution in [2.75, 3.05) is 26.2 Å². The number of likely N-dealkylation sites (tertiary alicyclic amines) is 2. The lowest BCUT2D eigenvalue weighted by Crippen LogP contribution is -2.41. The predicted octanol–water partition coefficient (Wildman–Crippen LogP) is 1.38. The summed E-state index contributed by atoms with van der Waals surface area (Å²) in [7, 11) is 0. The van der Waals surface area contributed by atoms with Crippen LogP contribution in [0, 0.1) is 0 Å². The molecule has 0 amide bonds. The molecule has 0 saturated carbocycles. The van der Waals surface area contributed by atoms with E-state index in [0.29, 0.717) is 0 Å². The van der Waals surface area contributed by atoms with Crippen LogP contribution in [0.4, 0.5) is 0 Å². The van der Waals surface area contributed by atoms with Crippen LogP contribution in [0.5, 0.6) is 0 Å². The molecule has 2 saturated heterocycles. The van der Waals surface area contributed by atoms with Crippen molar-refractivity contribution in [3.8, 4) is 0 Å². The zero-order valence-electron chi connectivity index (χ0n) is 11.0. The minimum absolute atomic E-state index is 0.242. The molecule has 19 heavy (non-hydrogen) atoms. The highest BCUT2D eigenvalue weighted by atomic mass is 35.5. The van der Waals surface area contributed by atoms with Crippen molar-refractivity contribution in [1.82, 2.24) is 14.8 Å². The van der Waals surface area contributed by atoms with Crippen molar-refractivity contribution in [1.29, 1.82) is 0 Å². The average Bonchev–Trinajstić information content (AvgIpc) is 3.01. The second-order valence-corrected chi connectivity index (χ2v) is 5.95. The minimum Gasteiger partial charge on any atom is -0.390 e. The Morgan fingerprint density at radius 3 is 2.84 bits per heavy atom. The fraction of sp³-hybridized carbons (Fsp3) is 0.643. The fourth-order valence-corrected chi connectivity index (χ4v) is 3.34. The van der Waals surface area contributed by atoms with E-state index >= 15 is 0 Å². The number of aliphatic hydroxyl groups excluding tert-OH is 1. The summed E-state index contributed by atoms with van der Waals surface area (Å²) < 4.78 is 0. The lowest BCUT2D eigenvalue weighted by atomic mass is 10.2. The monoisotopic (exact) mass is 281 g/mol. The molecule has 1 aromatic heterocycles. The molecule has 3 heterocycles. The number of halogens is 1. The highest BCUT2D eigenvalue weighted by molar-refractivity contribution is 6.31. The van der Waals surface area contributed by atoms with Gasteiger partial charge in [-0.2, -0.15) is 0 Å². The summed E-state index contributed by atoms with van der Waals surface area (Å²) >= 11 is 6.16. The Morgan fingerprint density at radius 1 is 1.32 bits per heavy atom. The molecule has 104 valence electrons. The van der Waals surface area contributed by atoms with Crippen LogP contribution in [0.1, 0.15) is 18.4 Å². The van der Waals surface area contributed by atoms with Crippen LogP contribution < -0.4 is 0 Å². The molecule has 3 rings (SSSR count). The van der Waals surface area contributed by atoms with Crippen LogP contribution in [0.2, 0.25) is 5.02 Å². The zero-order valence-corrected chi connectivity index (χ0v) is 11.8. The van der Waals surface area contributed by atoms with E-state index in [0.717, 1.165) is 43.3 Å². The van der Waals surface area contributed by atoms with Crippen LogP contribution in [-0.2, 0) is 6.54 Å². The molecule has 0 bridgehead atoms. The third kappa shape index (κ3) is 2.92. The van der Waals surface area contributed by atoms with Crippen LogP contribution >= 0.6 is 11.6 Å². The molecule has 4 nitrogen and oxygen atoms in total. The predicted molar refractivity (Wildman–Crippen MR) is 75.1 cm³/mol. The highest BCUT2D eigenvalue weighted by Crippen LogP contribution is 2.24. The van der Waals surface area contributed by atoms with Crippen molar-refractivity contribution in [3.63, 3.8) is 0 Å². The number of aliphatic hydroxyl groups is 1. The second-order valence-electron chi connectivity index (χ2n) is 5.54. The topological polar surface area (TPSA) is 39.6 Å². The molecular weight excluding hydrogens is 262 g/mol. The molecule has 0 aliphatic carbocycles. The van der Waals surface area contributed by atoms with Crippen LogP contribution in [0.25, 0.3) is 0 Å². The summed E-state index contributed by atoms with van der Waals surface area (Å²) in [6.45, 7) is 4.68. The Bertz CT molecular complexity index is 436. The first-order valence-corrected chi connectivity index (χ1v) is 7.34. The molecule has 2 aliphatic rings. The van der Waals surface area contributed by atoms with Crippen molar-refractivity contribution in [2.45, 2.75) is 31.5 Å². The highest BCUT2D eigenvalue weighted by Gasteiger charge is 2.36. The molecule has 2 fully saturated rings. The number of pyridine rings is 1. The van der Waals surface area contributed by atoms with Gasteiger partial charge in [0.15, 0.2) is 0 Å². The molecular formula is C14H20ClN3O. The summed E-state index contributed by atoms with van der Waals surface area (Å²) in [6.07, 6.45) is 5.80. The normalized spacial score (nSPS) is 29.2. The number of rotatable bonds is 3. The summed E-state index contributed by atoms with van der Waals surface area (Å²) in [6, 6.07) is 2.11. The van der Waals surface area contributed by atoms with Crippen molar-refractivity contribution < 1.29 is 5.11 Å². The van der Waals surface area contributed by atoms with Gasteiger partial charge in [-0.3, -0.25) is 14.8 Å². The lowest BCUT2D eigenvalue weighted by Gasteiger charge is -2.25. The zero-order chi connectivity index (χ0) is 13.2. The SMILES string of the molecule is O[C@H]1CN(Cc2cnccc2Cl)C[C@@H]1N1CCCC1. The summed E-state index contributed by atoms with van der Waals surface area (Å²) in [5.41, 5.74) is 1.04. The van der Waals surface area contributed by atoms with Crippen molar-refractivity contribution in [3.05, 3.63) is 29.0 Å². The third-order valence-electron chi connectivity index (χ3n) is 4.18. The van der Waals surface area contributed by atoms with Gasteiger partial charge < -0.3 is 5.11 Å². The smallest absolute Gasteiger partial charge is 0.0834 e. The van der Waals surface area contributed by atoms with Gasteiger partial charge in [0.1, 0.15) is 0 Å². The first kappa shape index (κ1) is 13.3. The van der Waals surface area contributed by atoms with Crippen molar-refractivity contribution >= 4 is 11.6 Å². The molecule has 0 unspecified atom stereocenters. The molecule has 2 atom stereocenters. The Kier molecular flexibility index (Phi) is 4.03. The van der Waals surface area contributed by atoms with E-state index in [-0.39, 0.29) is 12.1 Å². The van der Waals surface area contributed by atoms with Gasteiger partial charge in [-0.25, -0.2) is 0 Å². The van der Waals surface area contributed by atoms with Gasteiger partial charge in [0.25, 0.3) is 0 Å². The third-order valence-corrected chi connectivity index (χ3v) is 4.55. The number of β-amino-alcohol motifs (C(OH)–C–C–N with tert-alkyl or cyclic N) is 1. The van der Waals surface area contributed by atoms with Gasteiger partial charge in [0.05, 0.1) is 6.10 Å². The standard InChI is InChI=1S/C14H20ClN3O/c15-12-3-4-16-7-11(12)8-17-9-13(14(19)10-17)18-5-1-2-6-18/h3-4,7,13-14,19H,1-2,5-6,8-10H2/t13-,14-/m0/s1. The number of hydrogen-bond donors (Lipinski definition) is 1. The van der Waals surface area contributed by atoms with E-state index in [2.05, 4.69) is 14.8 Å². The van der Waals surface area contributed by atoms with Gasteiger partial charge in [-0.15, -0.1) is 0 Å². The minimum atomic E-state index is -0.242.